The van der Waals surface area contributed by atoms with Gasteiger partial charge in [-0.1, -0.05) is 19.4 Å². The molecule has 1 unspecified atom stereocenters. The van der Waals surface area contributed by atoms with Gasteiger partial charge >= 0.3 is 0 Å². The molecule has 23 heavy (non-hydrogen) atoms. The molecule has 128 valence electrons. The van der Waals surface area contributed by atoms with Crippen LogP contribution in [-0.2, 0) is 14.6 Å². The number of benzene rings is 1. The lowest BCUT2D eigenvalue weighted by Crippen LogP contribution is -2.38. The minimum atomic E-state index is -3.00. The SMILES string of the molecule is CCCCOc1cccc(OCC(=O)NC2CCS(=O)(=O)C2)c1. The topological polar surface area (TPSA) is 81.7 Å². The summed E-state index contributed by atoms with van der Waals surface area (Å²) in [5.74, 6) is 1.09. The molecule has 2 rings (SSSR count). The lowest BCUT2D eigenvalue weighted by atomic mass is 10.2. The fraction of sp³-hybridized carbons (Fsp3) is 0.562. The highest BCUT2D eigenvalue weighted by molar-refractivity contribution is 7.91. The zero-order valence-electron chi connectivity index (χ0n) is 13.3. The van der Waals surface area contributed by atoms with Gasteiger partial charge in [-0.2, -0.15) is 0 Å². The highest BCUT2D eigenvalue weighted by Crippen LogP contribution is 2.19. The van der Waals surface area contributed by atoms with Crippen molar-refractivity contribution < 1.29 is 22.7 Å². The Bertz CT molecular complexity index is 629. The molecule has 1 fully saturated rings. The van der Waals surface area contributed by atoms with Crippen LogP contribution in [0.15, 0.2) is 24.3 Å². The molecule has 0 bridgehead atoms. The molecular formula is C16H23NO5S. The molecule has 7 heteroatoms. The van der Waals surface area contributed by atoms with E-state index in [1.807, 2.05) is 6.07 Å². The molecule has 1 aromatic rings. The summed E-state index contributed by atoms with van der Waals surface area (Å²) < 4.78 is 33.7. The van der Waals surface area contributed by atoms with Gasteiger partial charge in [0.2, 0.25) is 0 Å². The summed E-state index contributed by atoms with van der Waals surface area (Å²) >= 11 is 0. The number of amides is 1. The second-order valence-corrected chi connectivity index (χ2v) is 7.86. The van der Waals surface area contributed by atoms with E-state index in [0.29, 0.717) is 24.5 Å². The van der Waals surface area contributed by atoms with Crippen LogP contribution in [0, 0.1) is 0 Å². The average molecular weight is 341 g/mol. The van der Waals surface area contributed by atoms with E-state index in [4.69, 9.17) is 9.47 Å². The maximum Gasteiger partial charge on any atom is 0.258 e. The fourth-order valence-electron chi connectivity index (χ4n) is 2.32. The maximum atomic E-state index is 11.8. The number of carbonyl (C=O) groups is 1. The van der Waals surface area contributed by atoms with Crippen molar-refractivity contribution in [3.05, 3.63) is 24.3 Å². The smallest absolute Gasteiger partial charge is 0.258 e. The standard InChI is InChI=1S/C16H23NO5S/c1-2-3-8-21-14-5-4-6-15(10-14)22-11-16(18)17-13-7-9-23(19,20)12-13/h4-6,10,13H,2-3,7-9,11-12H2,1H3,(H,17,18). The monoisotopic (exact) mass is 341 g/mol. The first-order chi connectivity index (χ1) is 11.0. The molecule has 0 radical (unpaired) electrons. The number of ether oxygens (including phenoxy) is 2. The number of unbranched alkanes of at least 4 members (excludes halogenated alkanes) is 1. The van der Waals surface area contributed by atoms with Crippen molar-refractivity contribution in [2.24, 2.45) is 0 Å². The van der Waals surface area contributed by atoms with E-state index >= 15 is 0 Å². The van der Waals surface area contributed by atoms with Crippen molar-refractivity contribution in [2.45, 2.75) is 32.2 Å². The van der Waals surface area contributed by atoms with Gasteiger partial charge in [-0.15, -0.1) is 0 Å². The van der Waals surface area contributed by atoms with Crippen LogP contribution in [-0.4, -0.2) is 45.1 Å². The Labute approximate surface area is 137 Å². The van der Waals surface area contributed by atoms with E-state index in [-0.39, 0.29) is 30.1 Å². The van der Waals surface area contributed by atoms with Crippen molar-refractivity contribution in [1.29, 1.82) is 0 Å². The van der Waals surface area contributed by atoms with Crippen LogP contribution in [0.4, 0.5) is 0 Å². The normalized spacial score (nSPS) is 19.3. The van der Waals surface area contributed by atoms with Gasteiger partial charge in [0.05, 0.1) is 18.1 Å². The second kappa shape index (κ2) is 8.19. The van der Waals surface area contributed by atoms with E-state index < -0.39 is 9.84 Å². The molecule has 1 N–H and O–H groups in total. The highest BCUT2D eigenvalue weighted by Gasteiger charge is 2.28. The van der Waals surface area contributed by atoms with Crippen molar-refractivity contribution in [3.8, 4) is 11.5 Å². The fourth-order valence-corrected chi connectivity index (χ4v) is 3.99. The first-order valence-corrected chi connectivity index (χ1v) is 9.66. The Balaban J connectivity index is 1.76. The van der Waals surface area contributed by atoms with Crippen LogP contribution < -0.4 is 14.8 Å². The Morgan fingerprint density at radius 1 is 1.30 bits per heavy atom. The van der Waals surface area contributed by atoms with Gasteiger partial charge in [-0.25, -0.2) is 8.42 Å². The van der Waals surface area contributed by atoms with Crippen molar-refractivity contribution in [2.75, 3.05) is 24.7 Å². The molecule has 1 aliphatic heterocycles. The number of sulfone groups is 1. The maximum absolute atomic E-state index is 11.8. The minimum Gasteiger partial charge on any atom is -0.493 e. The highest BCUT2D eigenvalue weighted by atomic mass is 32.2. The number of hydrogen-bond acceptors (Lipinski definition) is 5. The molecule has 6 nitrogen and oxygen atoms in total. The van der Waals surface area contributed by atoms with Crippen LogP contribution >= 0.6 is 0 Å². The first kappa shape index (κ1) is 17.6. The van der Waals surface area contributed by atoms with Crippen LogP contribution in [0.25, 0.3) is 0 Å². The molecule has 1 saturated heterocycles. The Morgan fingerprint density at radius 3 is 2.70 bits per heavy atom. The molecule has 0 aliphatic carbocycles. The Morgan fingerprint density at radius 2 is 2.04 bits per heavy atom. The molecule has 0 saturated carbocycles. The predicted molar refractivity (Wildman–Crippen MR) is 87.5 cm³/mol. The van der Waals surface area contributed by atoms with E-state index in [9.17, 15) is 13.2 Å². The summed E-state index contributed by atoms with van der Waals surface area (Å²) in [6.07, 6.45) is 2.51. The first-order valence-electron chi connectivity index (χ1n) is 7.84. The van der Waals surface area contributed by atoms with E-state index in [2.05, 4.69) is 12.2 Å². The molecule has 0 spiro atoms. The third-order valence-electron chi connectivity index (χ3n) is 3.54. The molecule has 1 amide bonds. The molecule has 1 aromatic carbocycles. The van der Waals surface area contributed by atoms with E-state index in [1.165, 1.54) is 0 Å². The molecule has 1 aliphatic rings. The van der Waals surface area contributed by atoms with Crippen molar-refractivity contribution in [1.82, 2.24) is 5.32 Å². The quantitative estimate of drug-likeness (QED) is 0.726. The van der Waals surface area contributed by atoms with Crippen LogP contribution in [0.2, 0.25) is 0 Å². The van der Waals surface area contributed by atoms with Crippen molar-refractivity contribution >= 4 is 15.7 Å². The molecular weight excluding hydrogens is 318 g/mol. The second-order valence-electron chi connectivity index (χ2n) is 5.63. The largest absolute Gasteiger partial charge is 0.493 e. The summed E-state index contributed by atoms with van der Waals surface area (Å²) in [5, 5.41) is 2.69. The average Bonchev–Trinajstić information content (AvgIpc) is 2.85. The van der Waals surface area contributed by atoms with Gasteiger partial charge in [0, 0.05) is 12.1 Å². The minimum absolute atomic E-state index is 0.0134. The summed E-state index contributed by atoms with van der Waals surface area (Å²) in [5.41, 5.74) is 0. The van der Waals surface area contributed by atoms with Crippen LogP contribution in [0.3, 0.4) is 0 Å². The zero-order valence-corrected chi connectivity index (χ0v) is 14.1. The number of carbonyl (C=O) groups excluding carboxylic acids is 1. The number of nitrogens with one attached hydrogen (secondary N) is 1. The van der Waals surface area contributed by atoms with Gasteiger partial charge < -0.3 is 14.8 Å². The van der Waals surface area contributed by atoms with Crippen molar-refractivity contribution in [3.63, 3.8) is 0 Å². The third kappa shape index (κ3) is 6.09. The summed E-state index contributed by atoms with van der Waals surface area (Å²) in [4.78, 5) is 11.8. The third-order valence-corrected chi connectivity index (χ3v) is 5.31. The van der Waals surface area contributed by atoms with Gasteiger partial charge in [0.25, 0.3) is 5.91 Å². The van der Waals surface area contributed by atoms with E-state index in [0.717, 1.165) is 12.8 Å². The molecule has 1 heterocycles. The Kier molecular flexibility index (Phi) is 6.27. The number of rotatable bonds is 8. The van der Waals surface area contributed by atoms with E-state index in [1.54, 1.807) is 18.2 Å². The van der Waals surface area contributed by atoms with Gasteiger partial charge in [-0.3, -0.25) is 4.79 Å². The predicted octanol–water partition coefficient (Wildman–Crippen LogP) is 1.55. The van der Waals surface area contributed by atoms with Crippen LogP contribution in [0.5, 0.6) is 11.5 Å². The summed E-state index contributed by atoms with van der Waals surface area (Å²) in [7, 11) is -3.00. The van der Waals surface area contributed by atoms with Gasteiger partial charge in [-0.05, 0) is 25.0 Å². The number of hydrogen-bond donors (Lipinski definition) is 1. The van der Waals surface area contributed by atoms with Gasteiger partial charge in [0.1, 0.15) is 11.5 Å². The summed E-state index contributed by atoms with van der Waals surface area (Å²) in [6, 6.07) is 6.83. The van der Waals surface area contributed by atoms with Gasteiger partial charge in [0.15, 0.2) is 16.4 Å². The molecule has 0 aromatic heterocycles. The summed E-state index contributed by atoms with van der Waals surface area (Å²) in [6.45, 7) is 2.60. The Hall–Kier alpha value is -1.76. The zero-order chi connectivity index (χ0) is 16.7. The lowest BCUT2D eigenvalue weighted by molar-refractivity contribution is -0.123. The van der Waals surface area contributed by atoms with Crippen LogP contribution in [0.1, 0.15) is 26.2 Å². The molecule has 1 atom stereocenters. The lowest BCUT2D eigenvalue weighted by Gasteiger charge is -2.12.